The van der Waals surface area contributed by atoms with E-state index in [1.807, 2.05) is 0 Å². The molecule has 4 N–H and O–H groups in total. The Bertz CT molecular complexity index is 1360. The maximum atomic E-state index is 13.4. The van der Waals surface area contributed by atoms with E-state index in [-0.39, 0.29) is 24.3 Å². The average Bonchev–Trinajstić information content (AvgIpc) is 3.23. The van der Waals surface area contributed by atoms with E-state index in [1.165, 1.54) is 19.3 Å². The molecule has 36 heavy (non-hydrogen) atoms. The number of anilines is 2. The van der Waals surface area contributed by atoms with Crippen molar-refractivity contribution in [3.8, 4) is 0 Å². The number of ether oxygens (including phenoxy) is 1. The lowest BCUT2D eigenvalue weighted by atomic mass is 9.96. The number of alkyl halides is 3. The van der Waals surface area contributed by atoms with Crippen LogP contribution in [0.2, 0.25) is 5.02 Å². The first-order valence-electron chi connectivity index (χ1n) is 11.1. The van der Waals surface area contributed by atoms with E-state index in [0.29, 0.717) is 39.6 Å². The molecule has 0 bridgehead atoms. The maximum Gasteiger partial charge on any atom is 0.416 e. The van der Waals surface area contributed by atoms with Crippen LogP contribution in [0.1, 0.15) is 36.0 Å². The second kappa shape index (κ2) is 10.3. The van der Waals surface area contributed by atoms with Crippen LogP contribution in [0.25, 0.3) is 11.0 Å². The molecule has 1 unspecified atom stereocenters. The van der Waals surface area contributed by atoms with E-state index in [4.69, 9.17) is 16.3 Å². The second-order valence-electron chi connectivity index (χ2n) is 8.32. The van der Waals surface area contributed by atoms with Gasteiger partial charge in [-0.15, -0.1) is 0 Å². The highest BCUT2D eigenvalue weighted by Crippen LogP contribution is 2.35. The van der Waals surface area contributed by atoms with Gasteiger partial charge >= 0.3 is 6.18 Å². The smallest absolute Gasteiger partial charge is 0.377 e. The van der Waals surface area contributed by atoms with Gasteiger partial charge in [0.05, 0.1) is 16.6 Å². The lowest BCUT2D eigenvalue weighted by molar-refractivity contribution is -0.115. The van der Waals surface area contributed by atoms with Gasteiger partial charge in [-0.1, -0.05) is 29.8 Å². The molecule has 1 atom stereocenters. The molecular formula is C25H24ClF3N4O3. The zero-order valence-corrected chi connectivity index (χ0v) is 20.2. The zero-order valence-electron chi connectivity index (χ0n) is 19.5. The summed E-state index contributed by atoms with van der Waals surface area (Å²) >= 11 is 6.19. The number of aliphatic hydroxyl groups excluding tert-OH is 1. The summed E-state index contributed by atoms with van der Waals surface area (Å²) in [4.78, 5) is 20.4. The third kappa shape index (κ3) is 5.40. The van der Waals surface area contributed by atoms with Gasteiger partial charge in [-0.05, 0) is 49.6 Å². The maximum absolute atomic E-state index is 13.4. The Kier molecular flexibility index (Phi) is 7.39. The van der Waals surface area contributed by atoms with Crippen LogP contribution in [-0.4, -0.2) is 34.3 Å². The lowest BCUT2D eigenvalue weighted by Crippen LogP contribution is -2.23. The minimum Gasteiger partial charge on any atom is -0.377 e. The molecule has 3 aromatic rings. The van der Waals surface area contributed by atoms with Crippen molar-refractivity contribution < 1.29 is 27.8 Å². The summed E-state index contributed by atoms with van der Waals surface area (Å²) in [6.45, 7) is 1.96. The van der Waals surface area contributed by atoms with Gasteiger partial charge in [0.25, 0.3) is 5.91 Å². The Labute approximate surface area is 210 Å². The number of hydrogen-bond acceptors (Lipinski definition) is 5. The van der Waals surface area contributed by atoms with Crippen LogP contribution in [0.15, 0.2) is 53.6 Å². The lowest BCUT2D eigenvalue weighted by Gasteiger charge is -2.20. The van der Waals surface area contributed by atoms with E-state index in [2.05, 4.69) is 20.6 Å². The molecule has 2 aromatic carbocycles. The number of carbonyl (C=O) groups is 1. The van der Waals surface area contributed by atoms with Gasteiger partial charge in [-0.25, -0.2) is 4.98 Å². The van der Waals surface area contributed by atoms with Crippen molar-refractivity contribution in [1.82, 2.24) is 9.97 Å². The number of allylic oxidation sites excluding steroid dienone is 3. The van der Waals surface area contributed by atoms with E-state index in [9.17, 15) is 23.1 Å². The minimum atomic E-state index is -4.65. The number of aromatic amines is 1. The third-order valence-corrected chi connectivity index (χ3v) is 6.22. The molecule has 7 nitrogen and oxygen atoms in total. The molecule has 190 valence electrons. The van der Waals surface area contributed by atoms with E-state index >= 15 is 0 Å². The van der Waals surface area contributed by atoms with Crippen LogP contribution < -0.4 is 10.6 Å². The van der Waals surface area contributed by atoms with Gasteiger partial charge < -0.3 is 25.5 Å². The standard InChI is InChI=1S/C25H24ClF3N4O3/c1-13-18(26)8-5-9-19(13)32-24(35)16-10-14(11-20-22(16)33-21(31-20)12-36-2)30-23(34)15-6-3-4-7-17(15)25(27,28)29/h4-5,7-11,24,32,35H,3,6,12H2,1-2H3,(H,30,34)(H,31,33). The number of methoxy groups -OCH3 is 1. The number of aromatic nitrogens is 2. The number of imidazole rings is 1. The molecule has 0 radical (unpaired) electrons. The number of halogens is 4. The Morgan fingerprint density at radius 3 is 2.83 bits per heavy atom. The molecule has 0 saturated carbocycles. The first-order valence-corrected chi connectivity index (χ1v) is 11.5. The van der Waals surface area contributed by atoms with Gasteiger partial charge in [-0.2, -0.15) is 13.2 Å². The van der Waals surface area contributed by atoms with Crippen LogP contribution in [-0.2, 0) is 16.1 Å². The van der Waals surface area contributed by atoms with Crippen molar-refractivity contribution in [1.29, 1.82) is 0 Å². The van der Waals surface area contributed by atoms with E-state index in [0.717, 1.165) is 11.6 Å². The molecular weight excluding hydrogens is 497 g/mol. The second-order valence-corrected chi connectivity index (χ2v) is 8.73. The summed E-state index contributed by atoms with van der Waals surface area (Å²) in [6, 6.07) is 8.22. The molecule has 0 saturated heterocycles. The quantitative estimate of drug-likeness (QED) is 0.290. The number of benzene rings is 2. The minimum absolute atomic E-state index is 0.0352. The molecule has 1 aliphatic carbocycles. The normalized spacial score (nSPS) is 14.9. The zero-order chi connectivity index (χ0) is 26.0. The van der Waals surface area contributed by atoms with Gasteiger partial charge in [0.2, 0.25) is 0 Å². The van der Waals surface area contributed by atoms with Crippen molar-refractivity contribution in [2.75, 3.05) is 17.7 Å². The highest BCUT2D eigenvalue weighted by molar-refractivity contribution is 6.31. The van der Waals surface area contributed by atoms with Crippen molar-refractivity contribution in [3.05, 3.63) is 75.6 Å². The van der Waals surface area contributed by atoms with Crippen LogP contribution in [0.5, 0.6) is 0 Å². The fourth-order valence-corrected chi connectivity index (χ4v) is 4.22. The Morgan fingerprint density at radius 1 is 1.33 bits per heavy atom. The van der Waals surface area contributed by atoms with Crippen molar-refractivity contribution in [2.24, 2.45) is 0 Å². The number of nitrogens with one attached hydrogen (secondary N) is 3. The Hall–Kier alpha value is -3.34. The summed E-state index contributed by atoms with van der Waals surface area (Å²) in [5, 5.41) is 17.1. The fourth-order valence-electron chi connectivity index (χ4n) is 4.04. The number of fused-ring (bicyclic) bond motifs is 1. The SMILES string of the molecule is COCc1nc2c(C(O)Nc3cccc(Cl)c3C)cc(NC(=O)C3=C(C(F)(F)F)C=CCC3)cc2[nH]1. The number of rotatable bonds is 7. The van der Waals surface area contributed by atoms with Crippen LogP contribution in [0.3, 0.4) is 0 Å². The Morgan fingerprint density at radius 2 is 2.11 bits per heavy atom. The summed E-state index contributed by atoms with van der Waals surface area (Å²) in [5.74, 6) is -0.385. The van der Waals surface area contributed by atoms with Crippen molar-refractivity contribution in [3.63, 3.8) is 0 Å². The van der Waals surface area contributed by atoms with Crippen molar-refractivity contribution >= 4 is 39.9 Å². The van der Waals surface area contributed by atoms with Gasteiger partial charge in [0.1, 0.15) is 12.4 Å². The van der Waals surface area contributed by atoms with Gasteiger partial charge in [0, 0.05) is 34.6 Å². The van der Waals surface area contributed by atoms with Crippen LogP contribution in [0.4, 0.5) is 24.5 Å². The number of H-pyrrole nitrogens is 1. The molecule has 0 fully saturated rings. The predicted molar refractivity (Wildman–Crippen MR) is 132 cm³/mol. The van der Waals surface area contributed by atoms with E-state index < -0.39 is 23.9 Å². The molecule has 1 amide bonds. The average molecular weight is 521 g/mol. The summed E-state index contributed by atoms with van der Waals surface area (Å²) in [6.07, 6.45) is -3.30. The molecule has 0 spiro atoms. The number of hydrogen-bond donors (Lipinski definition) is 4. The molecule has 4 rings (SSSR count). The highest BCUT2D eigenvalue weighted by Gasteiger charge is 2.37. The number of aliphatic hydroxyl groups is 1. The van der Waals surface area contributed by atoms with Crippen LogP contribution >= 0.6 is 11.6 Å². The molecule has 1 aromatic heterocycles. The van der Waals surface area contributed by atoms with E-state index in [1.54, 1.807) is 31.2 Å². The first-order chi connectivity index (χ1) is 17.1. The third-order valence-electron chi connectivity index (χ3n) is 5.81. The Balaban J connectivity index is 1.72. The summed E-state index contributed by atoms with van der Waals surface area (Å²) in [7, 11) is 1.50. The number of amides is 1. The number of carbonyl (C=O) groups excluding carboxylic acids is 1. The number of nitrogens with zero attached hydrogens (tertiary/aromatic N) is 1. The first kappa shape index (κ1) is 25.7. The van der Waals surface area contributed by atoms with Gasteiger partial charge in [0.15, 0.2) is 6.23 Å². The molecule has 1 heterocycles. The molecule has 1 aliphatic rings. The fraction of sp³-hybridized carbons (Fsp3) is 0.280. The molecule has 0 aliphatic heterocycles. The predicted octanol–water partition coefficient (Wildman–Crippen LogP) is 5.92. The van der Waals surface area contributed by atoms with Gasteiger partial charge in [-0.3, -0.25) is 4.79 Å². The monoisotopic (exact) mass is 520 g/mol. The summed E-state index contributed by atoms with van der Waals surface area (Å²) in [5.41, 5.74) is 1.37. The van der Waals surface area contributed by atoms with Crippen LogP contribution in [0, 0.1) is 6.92 Å². The summed E-state index contributed by atoms with van der Waals surface area (Å²) < 4.78 is 45.5. The molecule has 11 heteroatoms. The topological polar surface area (TPSA) is 99.3 Å². The van der Waals surface area contributed by atoms with Crippen molar-refractivity contribution in [2.45, 2.75) is 38.8 Å². The largest absolute Gasteiger partial charge is 0.416 e. The highest BCUT2D eigenvalue weighted by atomic mass is 35.5.